The summed E-state index contributed by atoms with van der Waals surface area (Å²) >= 11 is 1.27. The van der Waals surface area contributed by atoms with Crippen molar-refractivity contribution in [1.82, 2.24) is 9.13 Å². The molecule has 2 aromatic heterocycles. The van der Waals surface area contributed by atoms with Crippen LogP contribution in [0.4, 0.5) is 4.39 Å². The van der Waals surface area contributed by atoms with E-state index in [-0.39, 0.29) is 23.8 Å². The predicted octanol–water partition coefficient (Wildman–Crippen LogP) is 5.61. The van der Waals surface area contributed by atoms with E-state index in [0.717, 1.165) is 22.0 Å². The zero-order valence-corrected chi connectivity index (χ0v) is 23.7. The molecule has 0 saturated heterocycles. The van der Waals surface area contributed by atoms with Crippen molar-refractivity contribution in [3.8, 4) is 0 Å². The van der Waals surface area contributed by atoms with Gasteiger partial charge in [-0.25, -0.2) is 14.2 Å². The molecule has 1 aliphatic heterocycles. The Hall–Kier alpha value is -4.56. The number of rotatable bonds is 6. The SMILES string of the molecule is CCOC(=O)C1=C(c2ccccc2)N=c2s/c(=C\c3cn(C(C)C)c4ccccc34)c(=O)n2[C@H]1c1ccc(F)cc1. The number of carbonyl (C=O) groups is 1. The Kier molecular flexibility index (Phi) is 7.01. The highest BCUT2D eigenvalue weighted by atomic mass is 32.1. The molecule has 0 unspecified atom stereocenters. The van der Waals surface area contributed by atoms with Gasteiger partial charge in [-0.1, -0.05) is 72.0 Å². The van der Waals surface area contributed by atoms with Crippen molar-refractivity contribution in [1.29, 1.82) is 0 Å². The van der Waals surface area contributed by atoms with Crippen LogP contribution < -0.4 is 14.9 Å². The van der Waals surface area contributed by atoms with Gasteiger partial charge in [0.1, 0.15) is 5.82 Å². The first-order chi connectivity index (χ1) is 19.9. The molecule has 0 N–H and O–H groups in total. The molecule has 3 aromatic carbocycles. The minimum absolute atomic E-state index is 0.158. The molecule has 0 bridgehead atoms. The molecule has 41 heavy (non-hydrogen) atoms. The van der Waals surface area contributed by atoms with Gasteiger partial charge in [-0.05, 0) is 50.6 Å². The van der Waals surface area contributed by atoms with E-state index in [0.29, 0.717) is 20.6 Å². The Morgan fingerprint density at radius 1 is 1.05 bits per heavy atom. The molecular formula is C33H28FN3O3S. The molecule has 1 aliphatic rings. The van der Waals surface area contributed by atoms with E-state index in [9.17, 15) is 14.0 Å². The summed E-state index contributed by atoms with van der Waals surface area (Å²) in [5.74, 6) is -0.980. The summed E-state index contributed by atoms with van der Waals surface area (Å²) in [6.07, 6.45) is 3.95. The topological polar surface area (TPSA) is 65.6 Å². The van der Waals surface area contributed by atoms with Crippen molar-refractivity contribution in [3.63, 3.8) is 0 Å². The second-order valence-corrected chi connectivity index (χ2v) is 11.1. The lowest BCUT2D eigenvalue weighted by Gasteiger charge is -2.25. The molecule has 0 aliphatic carbocycles. The molecule has 1 atom stereocenters. The maximum Gasteiger partial charge on any atom is 0.338 e. The highest BCUT2D eigenvalue weighted by Gasteiger charge is 2.35. The maximum absolute atomic E-state index is 14.1. The lowest BCUT2D eigenvalue weighted by atomic mass is 9.93. The van der Waals surface area contributed by atoms with Crippen LogP contribution in [0.15, 0.2) is 100 Å². The third-order valence-corrected chi connectivity index (χ3v) is 8.16. The van der Waals surface area contributed by atoms with Crippen molar-refractivity contribution in [2.24, 2.45) is 4.99 Å². The van der Waals surface area contributed by atoms with E-state index in [4.69, 9.17) is 9.73 Å². The number of nitrogens with zero attached hydrogens (tertiary/aromatic N) is 3. The summed E-state index contributed by atoms with van der Waals surface area (Å²) in [6.45, 7) is 6.13. The summed E-state index contributed by atoms with van der Waals surface area (Å²) in [6, 6.07) is 22.7. The largest absolute Gasteiger partial charge is 0.463 e. The molecule has 6 nitrogen and oxygen atoms in total. The first-order valence-corrected chi connectivity index (χ1v) is 14.3. The Morgan fingerprint density at radius 3 is 2.46 bits per heavy atom. The number of hydrogen-bond acceptors (Lipinski definition) is 5. The van der Waals surface area contributed by atoms with Crippen LogP contribution in [0.1, 0.15) is 49.5 Å². The third-order valence-electron chi connectivity index (χ3n) is 7.17. The number of halogens is 1. The van der Waals surface area contributed by atoms with Crippen molar-refractivity contribution < 1.29 is 13.9 Å². The van der Waals surface area contributed by atoms with E-state index in [1.165, 1.54) is 28.0 Å². The number of ether oxygens (including phenoxy) is 1. The summed E-state index contributed by atoms with van der Waals surface area (Å²) < 4.78 is 23.7. The molecule has 8 heteroatoms. The molecule has 5 aromatic rings. The zero-order valence-electron chi connectivity index (χ0n) is 22.9. The van der Waals surface area contributed by atoms with Gasteiger partial charge < -0.3 is 9.30 Å². The highest BCUT2D eigenvalue weighted by molar-refractivity contribution is 7.07. The molecule has 3 heterocycles. The van der Waals surface area contributed by atoms with Crippen LogP contribution in [0.5, 0.6) is 0 Å². The van der Waals surface area contributed by atoms with Gasteiger partial charge in [-0.2, -0.15) is 0 Å². The minimum atomic E-state index is -0.847. The second kappa shape index (κ2) is 10.8. The average Bonchev–Trinajstić information content (AvgIpc) is 3.50. The van der Waals surface area contributed by atoms with Gasteiger partial charge >= 0.3 is 5.97 Å². The van der Waals surface area contributed by atoms with Gasteiger partial charge in [-0.3, -0.25) is 9.36 Å². The maximum atomic E-state index is 14.1. The van der Waals surface area contributed by atoms with Gasteiger partial charge in [0.25, 0.3) is 5.56 Å². The molecule has 6 rings (SSSR count). The molecular weight excluding hydrogens is 537 g/mol. The molecule has 0 amide bonds. The van der Waals surface area contributed by atoms with E-state index < -0.39 is 17.8 Å². The van der Waals surface area contributed by atoms with E-state index >= 15 is 0 Å². The first kappa shape index (κ1) is 26.7. The van der Waals surface area contributed by atoms with Crippen LogP contribution in [-0.2, 0) is 9.53 Å². The van der Waals surface area contributed by atoms with Crippen LogP contribution >= 0.6 is 11.3 Å². The number of thiazole rings is 1. The predicted molar refractivity (Wildman–Crippen MR) is 160 cm³/mol. The van der Waals surface area contributed by atoms with Gasteiger partial charge in [0.15, 0.2) is 4.80 Å². The van der Waals surface area contributed by atoms with Gasteiger partial charge in [0, 0.05) is 34.3 Å². The van der Waals surface area contributed by atoms with Crippen molar-refractivity contribution in [2.75, 3.05) is 6.61 Å². The number of fused-ring (bicyclic) bond motifs is 2. The number of carbonyl (C=O) groups excluding carboxylic acids is 1. The number of benzene rings is 3. The Bertz CT molecular complexity index is 1980. The summed E-state index contributed by atoms with van der Waals surface area (Å²) in [7, 11) is 0. The van der Waals surface area contributed by atoms with E-state index in [1.807, 2.05) is 54.6 Å². The number of para-hydroxylation sites is 1. The monoisotopic (exact) mass is 565 g/mol. The standard InChI is InChI=1S/C33H28FN3O3S/c1-4-40-32(39)28-29(21-10-6-5-7-11-21)35-33-37(30(28)22-14-16-24(34)17-15-22)31(38)27(41-33)18-23-19-36(20(2)3)26-13-9-8-12-25(23)26/h5-20,30H,4H2,1-3H3/b27-18-/t30-/m0/s1. The summed E-state index contributed by atoms with van der Waals surface area (Å²) in [5.41, 5.74) is 3.70. The molecule has 0 spiro atoms. The van der Waals surface area contributed by atoms with E-state index in [2.05, 4.69) is 30.7 Å². The quantitative estimate of drug-likeness (QED) is 0.252. The summed E-state index contributed by atoms with van der Waals surface area (Å²) in [5, 5.41) is 1.04. The lowest BCUT2D eigenvalue weighted by Crippen LogP contribution is -2.40. The Balaban J connectivity index is 1.65. The molecule has 206 valence electrons. The minimum Gasteiger partial charge on any atom is -0.463 e. The normalized spacial score (nSPS) is 15.3. The fraction of sp³-hybridized carbons (Fsp3) is 0.182. The van der Waals surface area contributed by atoms with Crippen molar-refractivity contribution in [2.45, 2.75) is 32.9 Å². The fourth-order valence-corrected chi connectivity index (χ4v) is 6.31. The van der Waals surface area contributed by atoms with Crippen LogP contribution in [-0.4, -0.2) is 21.7 Å². The zero-order chi connectivity index (χ0) is 28.7. The molecule has 0 saturated carbocycles. The highest BCUT2D eigenvalue weighted by Crippen LogP contribution is 2.35. The Morgan fingerprint density at radius 2 is 1.76 bits per heavy atom. The van der Waals surface area contributed by atoms with E-state index in [1.54, 1.807) is 19.1 Å². The lowest BCUT2D eigenvalue weighted by molar-refractivity contribution is -0.138. The van der Waals surface area contributed by atoms with Crippen LogP contribution in [0.25, 0.3) is 22.7 Å². The fourth-order valence-electron chi connectivity index (χ4n) is 5.32. The van der Waals surface area contributed by atoms with Gasteiger partial charge in [0.05, 0.1) is 28.5 Å². The van der Waals surface area contributed by atoms with Gasteiger partial charge in [-0.15, -0.1) is 0 Å². The number of aromatic nitrogens is 2. The van der Waals surface area contributed by atoms with Crippen molar-refractivity contribution >= 4 is 40.0 Å². The molecule has 0 radical (unpaired) electrons. The smallest absolute Gasteiger partial charge is 0.338 e. The van der Waals surface area contributed by atoms with Crippen molar-refractivity contribution in [3.05, 3.63) is 133 Å². The van der Waals surface area contributed by atoms with Crippen LogP contribution in [0.3, 0.4) is 0 Å². The van der Waals surface area contributed by atoms with Crippen LogP contribution in [0, 0.1) is 5.82 Å². The molecule has 0 fully saturated rings. The Labute approximate surface area is 240 Å². The summed E-state index contributed by atoms with van der Waals surface area (Å²) in [4.78, 5) is 33.0. The third kappa shape index (κ3) is 4.74. The second-order valence-electron chi connectivity index (χ2n) is 10.1. The van der Waals surface area contributed by atoms with Crippen LogP contribution in [0.2, 0.25) is 0 Å². The number of hydrogen-bond donors (Lipinski definition) is 0. The average molecular weight is 566 g/mol. The van der Waals surface area contributed by atoms with Gasteiger partial charge in [0.2, 0.25) is 0 Å². The number of esters is 1. The first-order valence-electron chi connectivity index (χ1n) is 13.5.